The zero-order valence-electron chi connectivity index (χ0n) is 23.2. The van der Waals surface area contributed by atoms with Crippen molar-refractivity contribution in [2.45, 2.75) is 40.0 Å². The van der Waals surface area contributed by atoms with Gasteiger partial charge >= 0.3 is 0 Å². The Hall–Kier alpha value is -4.26. The monoisotopic (exact) mass is 552 g/mol. The molecule has 4 rings (SSSR count). The molecular weight excluding hydrogens is 520 g/mol. The molecule has 13 heteroatoms. The molecule has 0 aliphatic heterocycles. The van der Waals surface area contributed by atoms with Gasteiger partial charge in [-0.2, -0.15) is 5.10 Å². The number of benzene rings is 1. The van der Waals surface area contributed by atoms with Gasteiger partial charge in [0.1, 0.15) is 5.69 Å². The van der Waals surface area contributed by atoms with Gasteiger partial charge < -0.3 is 10.1 Å². The summed E-state index contributed by atoms with van der Waals surface area (Å²) >= 11 is 0. The van der Waals surface area contributed by atoms with Crippen LogP contribution in [0.1, 0.15) is 48.1 Å². The van der Waals surface area contributed by atoms with E-state index >= 15 is 0 Å². The second-order valence-electron chi connectivity index (χ2n) is 10.3. The van der Waals surface area contributed by atoms with E-state index in [4.69, 9.17) is 4.74 Å². The van der Waals surface area contributed by atoms with Gasteiger partial charge in [0.2, 0.25) is 10.0 Å². The first-order chi connectivity index (χ1) is 18.2. The van der Waals surface area contributed by atoms with Crippen molar-refractivity contribution in [3.63, 3.8) is 0 Å². The van der Waals surface area contributed by atoms with Crippen LogP contribution < -0.4 is 14.8 Å². The Morgan fingerprint density at radius 2 is 1.77 bits per heavy atom. The fourth-order valence-corrected chi connectivity index (χ4v) is 4.53. The fourth-order valence-electron chi connectivity index (χ4n) is 3.98. The van der Waals surface area contributed by atoms with Crippen molar-refractivity contribution in [1.29, 1.82) is 0 Å². The molecule has 4 aromatic rings. The lowest BCUT2D eigenvalue weighted by molar-refractivity contribution is 0.102. The van der Waals surface area contributed by atoms with Crippen molar-refractivity contribution in [3.05, 3.63) is 59.3 Å². The van der Waals surface area contributed by atoms with Gasteiger partial charge in [-0.3, -0.25) is 19.2 Å². The number of methoxy groups -OCH3 is 1. The molecule has 0 saturated heterocycles. The maximum atomic E-state index is 13.4. The summed E-state index contributed by atoms with van der Waals surface area (Å²) in [7, 11) is -0.341. The highest BCUT2D eigenvalue weighted by molar-refractivity contribution is 7.92. The highest BCUT2D eigenvalue weighted by atomic mass is 32.2. The Bertz CT molecular complexity index is 1670. The number of ether oxygens (including phenoxy) is 1. The van der Waals surface area contributed by atoms with E-state index in [1.54, 1.807) is 40.0 Å². The molecule has 0 radical (unpaired) electrons. The number of hydrogen-bond acceptors (Lipinski definition) is 8. The second-order valence-corrected chi connectivity index (χ2v) is 12.1. The lowest BCUT2D eigenvalue weighted by atomic mass is 9.86. The predicted molar refractivity (Wildman–Crippen MR) is 149 cm³/mol. The van der Waals surface area contributed by atoms with Gasteiger partial charge in [0.15, 0.2) is 5.75 Å². The number of carbonyl (C=O) groups excluding carboxylic acids is 1. The van der Waals surface area contributed by atoms with Crippen LogP contribution in [0.25, 0.3) is 16.9 Å². The Morgan fingerprint density at radius 3 is 2.36 bits per heavy atom. The van der Waals surface area contributed by atoms with Gasteiger partial charge in [0.05, 0.1) is 54.1 Å². The number of anilines is 2. The highest BCUT2D eigenvalue weighted by Gasteiger charge is 2.23. The van der Waals surface area contributed by atoms with Crippen molar-refractivity contribution >= 4 is 27.3 Å². The number of pyridine rings is 1. The van der Waals surface area contributed by atoms with Gasteiger partial charge in [-0.05, 0) is 43.0 Å². The molecule has 0 atom stereocenters. The summed E-state index contributed by atoms with van der Waals surface area (Å²) in [5.74, 6) is -0.267. The molecule has 3 aromatic heterocycles. The van der Waals surface area contributed by atoms with E-state index in [1.165, 1.54) is 13.3 Å². The molecule has 0 aliphatic carbocycles. The minimum Gasteiger partial charge on any atom is -0.492 e. The van der Waals surface area contributed by atoms with Crippen molar-refractivity contribution in [2.24, 2.45) is 7.05 Å². The molecule has 1 amide bonds. The van der Waals surface area contributed by atoms with Crippen LogP contribution in [-0.4, -0.2) is 57.4 Å². The standard InChI is InChI=1S/C26H32N8O4S/c1-15-23(34-14-22(30-32-34)19-13-28-33(6)16(19)2)9-17(12-27-15)25(35)29-20-10-18(26(3,4)5)11-21(24(20)38-7)31-39(8,36)37/h9-14,31H,1-8H3,(H,29,35). The first-order valence-electron chi connectivity index (χ1n) is 12.1. The number of carbonyl (C=O) groups is 1. The van der Waals surface area contributed by atoms with Crippen LogP contribution in [0.4, 0.5) is 11.4 Å². The molecule has 12 nitrogen and oxygen atoms in total. The second kappa shape index (κ2) is 10.1. The number of sulfonamides is 1. The van der Waals surface area contributed by atoms with Crippen molar-refractivity contribution in [1.82, 2.24) is 29.8 Å². The molecule has 0 unspecified atom stereocenters. The highest BCUT2D eigenvalue weighted by Crippen LogP contribution is 2.39. The zero-order valence-corrected chi connectivity index (χ0v) is 24.0. The van der Waals surface area contributed by atoms with E-state index < -0.39 is 15.9 Å². The maximum absolute atomic E-state index is 13.4. The van der Waals surface area contributed by atoms with Crippen LogP contribution >= 0.6 is 0 Å². The van der Waals surface area contributed by atoms with E-state index in [1.807, 2.05) is 41.7 Å². The molecule has 0 spiro atoms. The third kappa shape index (κ3) is 5.93. The molecule has 3 heterocycles. The van der Waals surface area contributed by atoms with Crippen molar-refractivity contribution in [3.8, 4) is 22.7 Å². The molecule has 2 N–H and O–H groups in total. The van der Waals surface area contributed by atoms with Gasteiger partial charge in [0.25, 0.3) is 5.91 Å². The van der Waals surface area contributed by atoms with Crippen LogP contribution in [0.3, 0.4) is 0 Å². The van der Waals surface area contributed by atoms with Gasteiger partial charge in [-0.1, -0.05) is 26.0 Å². The SMILES string of the molecule is COc1c(NC(=O)c2cnc(C)c(-n3cc(-c4cnn(C)c4C)nn3)c2)cc(C(C)(C)C)cc1NS(C)(=O)=O. The smallest absolute Gasteiger partial charge is 0.257 e. The predicted octanol–water partition coefficient (Wildman–Crippen LogP) is 3.61. The summed E-state index contributed by atoms with van der Waals surface area (Å²) in [6.07, 6.45) is 6.01. The Kier molecular flexibility index (Phi) is 7.21. The summed E-state index contributed by atoms with van der Waals surface area (Å²) in [4.78, 5) is 17.8. The number of aromatic nitrogens is 6. The van der Waals surface area contributed by atoms with E-state index in [0.29, 0.717) is 22.8 Å². The largest absolute Gasteiger partial charge is 0.492 e. The molecule has 0 saturated carbocycles. The summed E-state index contributed by atoms with van der Waals surface area (Å²) in [6, 6.07) is 5.14. The minimum atomic E-state index is -3.60. The quantitative estimate of drug-likeness (QED) is 0.354. The van der Waals surface area contributed by atoms with E-state index in [9.17, 15) is 13.2 Å². The zero-order chi connectivity index (χ0) is 28.7. The lowest BCUT2D eigenvalue weighted by Crippen LogP contribution is -2.18. The molecule has 0 bridgehead atoms. The molecule has 39 heavy (non-hydrogen) atoms. The fraction of sp³-hybridized carbons (Fsp3) is 0.346. The summed E-state index contributed by atoms with van der Waals surface area (Å²) in [5, 5.41) is 15.6. The third-order valence-corrected chi connectivity index (χ3v) is 6.87. The number of hydrogen-bond donors (Lipinski definition) is 2. The Morgan fingerprint density at radius 1 is 1.08 bits per heavy atom. The van der Waals surface area contributed by atoms with Crippen LogP contribution in [0.2, 0.25) is 0 Å². The number of amides is 1. The number of nitrogens with one attached hydrogen (secondary N) is 2. The molecule has 1 aromatic carbocycles. The summed E-state index contributed by atoms with van der Waals surface area (Å²) < 4.78 is 35.4. The Labute approximate surface area is 227 Å². The topological polar surface area (TPSA) is 146 Å². The number of aryl methyl sites for hydroxylation is 2. The van der Waals surface area contributed by atoms with E-state index in [0.717, 1.165) is 23.1 Å². The van der Waals surface area contributed by atoms with E-state index in [2.05, 4.69) is 30.4 Å². The van der Waals surface area contributed by atoms with Gasteiger partial charge in [-0.15, -0.1) is 5.10 Å². The maximum Gasteiger partial charge on any atom is 0.257 e. The Balaban J connectivity index is 1.71. The molecule has 206 valence electrons. The third-order valence-electron chi connectivity index (χ3n) is 6.28. The average Bonchev–Trinajstić information content (AvgIpc) is 3.44. The first kappa shape index (κ1) is 27.8. The minimum absolute atomic E-state index is 0.190. The molecule has 0 fully saturated rings. The van der Waals surface area contributed by atoms with Crippen LogP contribution in [-0.2, 0) is 22.5 Å². The van der Waals surface area contributed by atoms with Crippen LogP contribution in [0.5, 0.6) is 5.75 Å². The van der Waals surface area contributed by atoms with Crippen LogP contribution in [0, 0.1) is 13.8 Å². The molecule has 0 aliphatic rings. The van der Waals surface area contributed by atoms with E-state index in [-0.39, 0.29) is 22.4 Å². The average molecular weight is 553 g/mol. The normalized spacial score (nSPS) is 11.9. The van der Waals surface area contributed by atoms with Crippen molar-refractivity contribution < 1.29 is 17.9 Å². The lowest BCUT2D eigenvalue weighted by Gasteiger charge is -2.24. The van der Waals surface area contributed by atoms with Crippen molar-refractivity contribution in [2.75, 3.05) is 23.4 Å². The summed E-state index contributed by atoms with van der Waals surface area (Å²) in [5.41, 5.74) is 4.95. The number of nitrogens with zero attached hydrogens (tertiary/aromatic N) is 6. The van der Waals surface area contributed by atoms with Crippen LogP contribution in [0.15, 0.2) is 36.8 Å². The van der Waals surface area contributed by atoms with Gasteiger partial charge in [-0.25, -0.2) is 13.1 Å². The summed E-state index contributed by atoms with van der Waals surface area (Å²) in [6.45, 7) is 9.71. The van der Waals surface area contributed by atoms with Gasteiger partial charge in [0, 0.05) is 24.5 Å². The molecular formula is C26H32N8O4S. The first-order valence-corrected chi connectivity index (χ1v) is 14.0. The number of rotatable bonds is 7.